The zero-order chi connectivity index (χ0) is 8.41. The molecule has 0 saturated heterocycles. The normalized spacial score (nSPS) is 9.00. The molecule has 10 heavy (non-hydrogen) atoms. The second-order valence-electron chi connectivity index (χ2n) is 2.07. The lowest BCUT2D eigenvalue weighted by Crippen LogP contribution is -2.13. The van der Waals surface area contributed by atoms with Gasteiger partial charge in [0.25, 0.3) is 0 Å². The first-order valence-electron chi connectivity index (χ1n) is 3.31. The third kappa shape index (κ3) is 24.8. The van der Waals surface area contributed by atoms with Crippen LogP contribution in [0.3, 0.4) is 0 Å². The van der Waals surface area contributed by atoms with Gasteiger partial charge in [-0.05, 0) is 21.0 Å². The number of ether oxygens (including phenoxy) is 2. The Morgan fingerprint density at radius 1 is 1.10 bits per heavy atom. The van der Waals surface area contributed by atoms with Gasteiger partial charge in [0.15, 0.2) is 0 Å². The maximum absolute atomic E-state index is 4.73. The van der Waals surface area contributed by atoms with Crippen LogP contribution in [0.4, 0.5) is 0 Å². The lowest BCUT2D eigenvalue weighted by molar-refractivity contribution is 0.0994. The third-order valence-electron chi connectivity index (χ3n) is 0.676. The van der Waals surface area contributed by atoms with E-state index >= 15 is 0 Å². The number of methoxy groups -OCH3 is 2. The summed E-state index contributed by atoms with van der Waals surface area (Å²) in [5, 5.41) is 0. The van der Waals surface area contributed by atoms with Gasteiger partial charge in [-0.1, -0.05) is 0 Å². The molecule has 3 heteroatoms. The van der Waals surface area contributed by atoms with Gasteiger partial charge in [-0.15, -0.1) is 0 Å². The smallest absolute Gasteiger partial charge is 0.0981 e. The molecule has 0 aliphatic carbocycles. The third-order valence-corrected chi connectivity index (χ3v) is 0.676. The van der Waals surface area contributed by atoms with Crippen molar-refractivity contribution in [3.05, 3.63) is 0 Å². The van der Waals surface area contributed by atoms with Crippen LogP contribution < -0.4 is 0 Å². The van der Waals surface area contributed by atoms with E-state index in [1.807, 2.05) is 25.9 Å². The Morgan fingerprint density at radius 3 is 1.50 bits per heavy atom. The topological polar surface area (TPSA) is 21.7 Å². The molecule has 0 aromatic heterocycles. The van der Waals surface area contributed by atoms with Crippen LogP contribution in [0.2, 0.25) is 0 Å². The van der Waals surface area contributed by atoms with Crippen molar-refractivity contribution in [1.82, 2.24) is 4.90 Å². The summed E-state index contributed by atoms with van der Waals surface area (Å²) in [5.41, 5.74) is 0. The van der Waals surface area contributed by atoms with Gasteiger partial charge in [-0.25, -0.2) is 0 Å². The van der Waals surface area contributed by atoms with E-state index in [0.717, 1.165) is 6.61 Å². The monoisotopic (exact) mass is 149 g/mol. The van der Waals surface area contributed by atoms with Crippen molar-refractivity contribution in [2.45, 2.75) is 6.92 Å². The minimum absolute atomic E-state index is 0.708. The van der Waals surface area contributed by atoms with E-state index in [4.69, 9.17) is 4.74 Å². The Balaban J connectivity index is 0. The number of hydrogen-bond acceptors (Lipinski definition) is 3. The SMILES string of the molecule is CCOC.COCN(C)C. The fourth-order valence-electron chi connectivity index (χ4n) is 0.258. The van der Waals surface area contributed by atoms with E-state index < -0.39 is 0 Å². The molecule has 0 N–H and O–H groups in total. The minimum atomic E-state index is 0.708. The van der Waals surface area contributed by atoms with Crippen LogP contribution in [0.5, 0.6) is 0 Å². The van der Waals surface area contributed by atoms with Crippen LogP contribution in [-0.2, 0) is 9.47 Å². The zero-order valence-electron chi connectivity index (χ0n) is 7.68. The molecule has 3 nitrogen and oxygen atoms in total. The first-order valence-corrected chi connectivity index (χ1v) is 3.31. The van der Waals surface area contributed by atoms with Crippen molar-refractivity contribution in [3.63, 3.8) is 0 Å². The Kier molecular flexibility index (Phi) is 14.6. The van der Waals surface area contributed by atoms with E-state index in [-0.39, 0.29) is 0 Å². The van der Waals surface area contributed by atoms with E-state index in [9.17, 15) is 0 Å². The highest BCUT2D eigenvalue weighted by Crippen LogP contribution is 1.68. The number of rotatable bonds is 3. The van der Waals surface area contributed by atoms with E-state index in [0.29, 0.717) is 6.73 Å². The molecule has 0 atom stereocenters. The molecule has 0 aromatic rings. The summed E-state index contributed by atoms with van der Waals surface area (Å²) in [6.07, 6.45) is 0. The van der Waals surface area contributed by atoms with Crippen LogP contribution in [0.1, 0.15) is 6.92 Å². The first kappa shape index (κ1) is 12.5. The van der Waals surface area contributed by atoms with Crippen molar-refractivity contribution in [2.24, 2.45) is 0 Å². The number of hydrogen-bond donors (Lipinski definition) is 0. The maximum Gasteiger partial charge on any atom is 0.0981 e. The lowest BCUT2D eigenvalue weighted by Gasteiger charge is -2.04. The van der Waals surface area contributed by atoms with Crippen LogP contribution >= 0.6 is 0 Å². The summed E-state index contributed by atoms with van der Waals surface area (Å²) >= 11 is 0. The van der Waals surface area contributed by atoms with E-state index in [1.165, 1.54) is 0 Å². The summed E-state index contributed by atoms with van der Waals surface area (Å²) in [6, 6.07) is 0. The second kappa shape index (κ2) is 11.6. The fourth-order valence-corrected chi connectivity index (χ4v) is 0.258. The molecule has 0 fully saturated rings. The van der Waals surface area contributed by atoms with Gasteiger partial charge in [0.05, 0.1) is 6.73 Å². The second-order valence-corrected chi connectivity index (χ2v) is 2.07. The highest BCUT2D eigenvalue weighted by Gasteiger charge is 1.78. The quantitative estimate of drug-likeness (QED) is 0.554. The van der Waals surface area contributed by atoms with Crippen molar-refractivity contribution in [3.8, 4) is 0 Å². The summed E-state index contributed by atoms with van der Waals surface area (Å²) in [7, 11) is 7.28. The van der Waals surface area contributed by atoms with Gasteiger partial charge in [0.2, 0.25) is 0 Å². The Morgan fingerprint density at radius 2 is 1.50 bits per heavy atom. The molecule has 0 saturated carbocycles. The highest BCUT2D eigenvalue weighted by atomic mass is 16.5. The molecule has 0 unspecified atom stereocenters. The van der Waals surface area contributed by atoms with Crippen LogP contribution in [0.25, 0.3) is 0 Å². The first-order chi connectivity index (χ1) is 4.68. The van der Waals surface area contributed by atoms with Crippen molar-refractivity contribution >= 4 is 0 Å². The average Bonchev–Trinajstić information content (AvgIpc) is 1.89. The van der Waals surface area contributed by atoms with Gasteiger partial charge >= 0.3 is 0 Å². The van der Waals surface area contributed by atoms with Crippen LogP contribution in [0.15, 0.2) is 0 Å². The predicted molar refractivity (Wildman–Crippen MR) is 43.1 cm³/mol. The van der Waals surface area contributed by atoms with Gasteiger partial charge in [0, 0.05) is 20.8 Å². The van der Waals surface area contributed by atoms with Crippen molar-refractivity contribution < 1.29 is 9.47 Å². The average molecular weight is 149 g/mol. The summed E-state index contributed by atoms with van der Waals surface area (Å²) in [6.45, 7) is 3.49. The molecule has 0 spiro atoms. The fraction of sp³-hybridized carbons (Fsp3) is 1.00. The maximum atomic E-state index is 4.73. The molecular weight excluding hydrogens is 130 g/mol. The van der Waals surface area contributed by atoms with Gasteiger partial charge < -0.3 is 9.47 Å². The molecular formula is C7H19NO2. The Bertz CT molecular complexity index is 46.9. The highest BCUT2D eigenvalue weighted by molar-refractivity contribution is 4.20. The predicted octanol–water partition coefficient (Wildman–Crippen LogP) is 0.805. The molecule has 0 radical (unpaired) electrons. The molecule has 0 aliphatic rings. The molecule has 0 amide bonds. The Hall–Kier alpha value is -0.120. The van der Waals surface area contributed by atoms with Gasteiger partial charge in [-0.2, -0.15) is 0 Å². The number of nitrogens with zero attached hydrogens (tertiary/aromatic N) is 1. The largest absolute Gasteiger partial charge is 0.385 e. The molecule has 0 bridgehead atoms. The van der Waals surface area contributed by atoms with Gasteiger partial charge in [-0.3, -0.25) is 4.90 Å². The van der Waals surface area contributed by atoms with Crippen molar-refractivity contribution in [1.29, 1.82) is 0 Å². The molecule has 0 aromatic carbocycles. The molecule has 0 aliphatic heterocycles. The summed E-state index contributed by atoms with van der Waals surface area (Å²) in [5.74, 6) is 0. The lowest BCUT2D eigenvalue weighted by atomic mass is 10.9. The van der Waals surface area contributed by atoms with E-state index in [1.54, 1.807) is 14.2 Å². The Labute approximate surface area is 63.9 Å². The summed E-state index contributed by atoms with van der Waals surface area (Å²) < 4.78 is 9.27. The molecule has 64 valence electrons. The van der Waals surface area contributed by atoms with E-state index in [2.05, 4.69) is 4.74 Å². The van der Waals surface area contributed by atoms with Gasteiger partial charge in [0.1, 0.15) is 0 Å². The van der Waals surface area contributed by atoms with Crippen molar-refractivity contribution in [2.75, 3.05) is 41.7 Å². The zero-order valence-corrected chi connectivity index (χ0v) is 7.68. The van der Waals surface area contributed by atoms with Crippen LogP contribution in [-0.4, -0.2) is 46.6 Å². The molecule has 0 heterocycles. The van der Waals surface area contributed by atoms with Crippen LogP contribution in [0, 0.1) is 0 Å². The summed E-state index contributed by atoms with van der Waals surface area (Å²) in [4.78, 5) is 1.96. The standard InChI is InChI=1S/C4H11NO.C3H8O/c1-5(2)4-6-3;1-3-4-2/h4H2,1-3H3;3H2,1-2H3. The molecule has 0 rings (SSSR count). The minimum Gasteiger partial charge on any atom is -0.385 e.